The molecule has 0 bridgehead atoms. The third kappa shape index (κ3) is 3.41. The van der Waals surface area contributed by atoms with Crippen molar-refractivity contribution in [3.8, 4) is 0 Å². The number of carbonyl (C=O) groups excluding carboxylic acids is 2. The van der Waals surface area contributed by atoms with Crippen molar-refractivity contribution >= 4 is 29.2 Å². The van der Waals surface area contributed by atoms with Gasteiger partial charge in [0.2, 0.25) is 0 Å². The van der Waals surface area contributed by atoms with E-state index in [0.717, 1.165) is 25.7 Å². The molecule has 0 saturated heterocycles. The summed E-state index contributed by atoms with van der Waals surface area (Å²) in [6.45, 7) is 0.195. The lowest BCUT2D eigenvalue weighted by atomic mass is 9.95. The standard InChI is InChI=1S/C18H21ClN2O3/c1-24-18(23)15-11-21(14-9-5-6-12(19)10-14)17(22)16(15)20-13-7-3-2-4-8-13/h5-6,9-10,13,20H,2-4,7-8,11H2,1H3. The third-order valence-electron chi connectivity index (χ3n) is 4.58. The molecule has 1 aliphatic heterocycles. The topological polar surface area (TPSA) is 58.6 Å². The number of benzene rings is 1. The maximum atomic E-state index is 12.9. The molecule has 0 unspecified atom stereocenters. The van der Waals surface area contributed by atoms with Gasteiger partial charge >= 0.3 is 5.97 Å². The molecule has 1 heterocycles. The number of esters is 1. The fraction of sp³-hybridized carbons (Fsp3) is 0.444. The summed E-state index contributed by atoms with van der Waals surface area (Å²) in [5.74, 6) is -0.672. The molecule has 1 aliphatic carbocycles. The highest BCUT2D eigenvalue weighted by atomic mass is 35.5. The minimum Gasteiger partial charge on any atom is -0.466 e. The Morgan fingerprint density at radius 1 is 1.29 bits per heavy atom. The summed E-state index contributed by atoms with van der Waals surface area (Å²) in [4.78, 5) is 26.6. The van der Waals surface area contributed by atoms with Crippen molar-refractivity contribution < 1.29 is 14.3 Å². The number of anilines is 1. The van der Waals surface area contributed by atoms with Crippen LogP contribution in [0.15, 0.2) is 35.5 Å². The highest BCUT2D eigenvalue weighted by Gasteiger charge is 2.36. The van der Waals surface area contributed by atoms with Gasteiger partial charge < -0.3 is 15.0 Å². The van der Waals surface area contributed by atoms with Gasteiger partial charge in [0.15, 0.2) is 0 Å². The van der Waals surface area contributed by atoms with Gasteiger partial charge in [-0.15, -0.1) is 0 Å². The highest BCUT2D eigenvalue weighted by Crippen LogP contribution is 2.28. The van der Waals surface area contributed by atoms with E-state index in [4.69, 9.17) is 16.3 Å². The van der Waals surface area contributed by atoms with E-state index in [1.165, 1.54) is 13.5 Å². The monoisotopic (exact) mass is 348 g/mol. The van der Waals surface area contributed by atoms with Crippen molar-refractivity contribution in [3.05, 3.63) is 40.6 Å². The molecule has 1 amide bonds. The Labute approximate surface area is 146 Å². The predicted octanol–water partition coefficient (Wildman–Crippen LogP) is 3.04. The minimum absolute atomic E-state index is 0.195. The first-order chi connectivity index (χ1) is 11.6. The number of ether oxygens (including phenoxy) is 1. The lowest BCUT2D eigenvalue weighted by Gasteiger charge is -2.24. The first-order valence-electron chi connectivity index (χ1n) is 8.25. The van der Waals surface area contributed by atoms with Crippen molar-refractivity contribution in [2.45, 2.75) is 38.1 Å². The number of nitrogens with zero attached hydrogens (tertiary/aromatic N) is 1. The van der Waals surface area contributed by atoms with E-state index in [1.54, 1.807) is 23.1 Å². The van der Waals surface area contributed by atoms with Crippen LogP contribution in [-0.2, 0) is 14.3 Å². The molecule has 0 spiro atoms. The number of rotatable bonds is 4. The number of hydrogen-bond acceptors (Lipinski definition) is 4. The quantitative estimate of drug-likeness (QED) is 0.850. The van der Waals surface area contributed by atoms with Crippen molar-refractivity contribution in [3.63, 3.8) is 0 Å². The molecule has 0 aromatic heterocycles. The van der Waals surface area contributed by atoms with E-state index >= 15 is 0 Å². The molecule has 1 N–H and O–H groups in total. The van der Waals surface area contributed by atoms with E-state index in [0.29, 0.717) is 22.0 Å². The van der Waals surface area contributed by atoms with E-state index in [9.17, 15) is 9.59 Å². The largest absolute Gasteiger partial charge is 0.466 e. The van der Waals surface area contributed by atoms with Crippen LogP contribution in [0.25, 0.3) is 0 Å². The number of amides is 1. The number of methoxy groups -OCH3 is 1. The maximum Gasteiger partial charge on any atom is 0.337 e. The molecule has 6 heteroatoms. The molecular weight excluding hydrogens is 328 g/mol. The van der Waals surface area contributed by atoms with Crippen LogP contribution in [-0.4, -0.2) is 31.6 Å². The average Bonchev–Trinajstić information content (AvgIpc) is 2.92. The van der Waals surface area contributed by atoms with Crippen LogP contribution in [0.4, 0.5) is 5.69 Å². The zero-order chi connectivity index (χ0) is 17.1. The smallest absolute Gasteiger partial charge is 0.337 e. The van der Waals surface area contributed by atoms with Gasteiger partial charge in [0.1, 0.15) is 5.70 Å². The highest BCUT2D eigenvalue weighted by molar-refractivity contribution is 6.31. The van der Waals surface area contributed by atoms with E-state index in [-0.39, 0.29) is 18.5 Å². The SMILES string of the molecule is COC(=O)C1=C(NC2CCCCC2)C(=O)N(c2cccc(Cl)c2)C1. The normalized spacial score (nSPS) is 18.9. The van der Waals surface area contributed by atoms with E-state index in [1.807, 2.05) is 6.07 Å². The molecule has 5 nitrogen and oxygen atoms in total. The molecule has 0 atom stereocenters. The van der Waals surface area contributed by atoms with Crippen LogP contribution >= 0.6 is 11.6 Å². The summed E-state index contributed by atoms with van der Waals surface area (Å²) in [6, 6.07) is 7.30. The van der Waals surface area contributed by atoms with Crippen LogP contribution in [0.2, 0.25) is 5.02 Å². The van der Waals surface area contributed by atoms with E-state index in [2.05, 4.69) is 5.32 Å². The molecule has 3 rings (SSSR count). The predicted molar refractivity (Wildman–Crippen MR) is 92.9 cm³/mol. The summed E-state index contributed by atoms with van der Waals surface area (Å²) < 4.78 is 4.87. The van der Waals surface area contributed by atoms with Crippen molar-refractivity contribution in [1.29, 1.82) is 0 Å². The van der Waals surface area contributed by atoms with Gasteiger partial charge in [-0.1, -0.05) is 36.9 Å². The van der Waals surface area contributed by atoms with Crippen LogP contribution < -0.4 is 10.2 Å². The van der Waals surface area contributed by atoms with Crippen LogP contribution in [0.5, 0.6) is 0 Å². The van der Waals surface area contributed by atoms with Gasteiger partial charge in [-0.05, 0) is 31.0 Å². The fourth-order valence-corrected chi connectivity index (χ4v) is 3.50. The second-order valence-corrected chi connectivity index (χ2v) is 6.63. The molecule has 1 fully saturated rings. The van der Waals surface area contributed by atoms with Gasteiger partial charge in [0.25, 0.3) is 5.91 Å². The van der Waals surface area contributed by atoms with Crippen molar-refractivity contribution in [2.75, 3.05) is 18.6 Å². The Bertz CT molecular complexity index is 681. The Morgan fingerprint density at radius 2 is 2.04 bits per heavy atom. The molecule has 24 heavy (non-hydrogen) atoms. The zero-order valence-corrected chi connectivity index (χ0v) is 14.4. The molecule has 1 saturated carbocycles. The zero-order valence-electron chi connectivity index (χ0n) is 13.7. The van der Waals surface area contributed by atoms with Crippen molar-refractivity contribution in [2.24, 2.45) is 0 Å². The molecule has 0 radical (unpaired) electrons. The van der Waals surface area contributed by atoms with Gasteiger partial charge in [0, 0.05) is 16.8 Å². The Kier molecular flexibility index (Phi) is 5.09. The van der Waals surface area contributed by atoms with Gasteiger partial charge in [0.05, 0.1) is 19.2 Å². The summed E-state index contributed by atoms with van der Waals surface area (Å²) in [7, 11) is 1.33. The minimum atomic E-state index is -0.466. The first-order valence-corrected chi connectivity index (χ1v) is 8.63. The van der Waals surface area contributed by atoms with Gasteiger partial charge in [-0.25, -0.2) is 4.79 Å². The maximum absolute atomic E-state index is 12.9. The number of carbonyl (C=O) groups is 2. The number of halogens is 1. The Hall–Kier alpha value is -2.01. The molecule has 2 aliphatic rings. The second kappa shape index (κ2) is 7.26. The van der Waals surface area contributed by atoms with Crippen LogP contribution in [0, 0.1) is 0 Å². The first kappa shape index (κ1) is 16.8. The molecule has 128 valence electrons. The molecule has 1 aromatic carbocycles. The Morgan fingerprint density at radius 3 is 2.71 bits per heavy atom. The Balaban J connectivity index is 1.86. The van der Waals surface area contributed by atoms with Gasteiger partial charge in [-0.3, -0.25) is 4.79 Å². The van der Waals surface area contributed by atoms with Crippen LogP contribution in [0.3, 0.4) is 0 Å². The summed E-state index contributed by atoms with van der Waals surface area (Å²) in [5.41, 5.74) is 1.43. The fourth-order valence-electron chi connectivity index (χ4n) is 3.32. The summed E-state index contributed by atoms with van der Waals surface area (Å²) in [5, 5.41) is 3.85. The number of hydrogen-bond donors (Lipinski definition) is 1. The third-order valence-corrected chi connectivity index (χ3v) is 4.82. The average molecular weight is 349 g/mol. The number of nitrogens with one attached hydrogen (secondary N) is 1. The van der Waals surface area contributed by atoms with Gasteiger partial charge in [-0.2, -0.15) is 0 Å². The summed E-state index contributed by atoms with van der Waals surface area (Å²) >= 11 is 6.03. The van der Waals surface area contributed by atoms with Crippen molar-refractivity contribution in [1.82, 2.24) is 5.32 Å². The van der Waals surface area contributed by atoms with E-state index < -0.39 is 5.97 Å². The second-order valence-electron chi connectivity index (χ2n) is 6.20. The summed E-state index contributed by atoms with van der Waals surface area (Å²) in [6.07, 6.45) is 5.55. The molecular formula is C18H21ClN2O3. The lowest BCUT2D eigenvalue weighted by Crippen LogP contribution is -2.36. The molecule has 1 aromatic rings. The lowest BCUT2D eigenvalue weighted by molar-refractivity contribution is -0.136. The van der Waals surface area contributed by atoms with Crippen LogP contribution in [0.1, 0.15) is 32.1 Å².